The average molecular weight is 341 g/mol. The Bertz CT molecular complexity index is 626. The van der Waals surface area contributed by atoms with E-state index in [1.165, 1.54) is 4.90 Å². The first-order chi connectivity index (χ1) is 10.4. The summed E-state index contributed by atoms with van der Waals surface area (Å²) in [5, 5.41) is 2.89. The number of nitrogens with one attached hydrogen (secondary N) is 1. The molecule has 0 fully saturated rings. The van der Waals surface area contributed by atoms with Crippen LogP contribution < -0.4 is 5.32 Å². The summed E-state index contributed by atoms with van der Waals surface area (Å²) in [6, 6.07) is 7.89. The minimum atomic E-state index is -3.32. The van der Waals surface area contributed by atoms with Crippen LogP contribution in [0.1, 0.15) is 38.3 Å². The second kappa shape index (κ2) is 7.51. The highest BCUT2D eigenvalue weighted by Gasteiger charge is 2.24. The zero-order chi connectivity index (χ0) is 16.2. The van der Waals surface area contributed by atoms with E-state index < -0.39 is 21.5 Å². The number of carbonyl (C=O) groups excluding carboxylic acids is 1. The Morgan fingerprint density at radius 1 is 1.36 bits per heavy atom. The number of fused-ring (bicyclic) bond motifs is 1. The van der Waals surface area contributed by atoms with Gasteiger partial charge in [-0.15, -0.1) is 11.8 Å². The summed E-state index contributed by atoms with van der Waals surface area (Å²) in [4.78, 5) is 13.3. The van der Waals surface area contributed by atoms with Gasteiger partial charge in [-0.3, -0.25) is 4.79 Å². The third kappa shape index (κ3) is 5.02. The summed E-state index contributed by atoms with van der Waals surface area (Å²) >= 11 is 1.77. The molecule has 6 heteroatoms. The molecule has 1 amide bonds. The average Bonchev–Trinajstić information content (AvgIpc) is 2.45. The fraction of sp³-hybridized carbons (Fsp3) is 0.562. The van der Waals surface area contributed by atoms with Crippen LogP contribution in [0.5, 0.6) is 0 Å². The van der Waals surface area contributed by atoms with Crippen molar-refractivity contribution in [3.63, 3.8) is 0 Å². The first kappa shape index (κ1) is 17.3. The molecule has 1 aliphatic heterocycles. The van der Waals surface area contributed by atoms with Gasteiger partial charge in [0.05, 0.1) is 11.8 Å². The highest BCUT2D eigenvalue weighted by Crippen LogP contribution is 2.35. The molecule has 0 spiro atoms. The van der Waals surface area contributed by atoms with Gasteiger partial charge in [0.25, 0.3) is 0 Å². The first-order valence-electron chi connectivity index (χ1n) is 7.59. The number of sulfone groups is 1. The molecular weight excluding hydrogens is 318 g/mol. The molecule has 122 valence electrons. The molecule has 1 aliphatic rings. The Kier molecular flexibility index (Phi) is 5.92. The highest BCUT2D eigenvalue weighted by atomic mass is 32.2. The van der Waals surface area contributed by atoms with Gasteiger partial charge in [0.1, 0.15) is 5.75 Å². The molecule has 0 saturated carbocycles. The van der Waals surface area contributed by atoms with Crippen LogP contribution in [0, 0.1) is 5.92 Å². The molecule has 0 unspecified atom stereocenters. The Balaban J connectivity index is 1.96. The topological polar surface area (TPSA) is 63.2 Å². The molecule has 1 heterocycles. The van der Waals surface area contributed by atoms with E-state index in [1.54, 1.807) is 11.8 Å². The Labute approximate surface area is 137 Å². The van der Waals surface area contributed by atoms with Gasteiger partial charge in [-0.1, -0.05) is 32.0 Å². The van der Waals surface area contributed by atoms with E-state index >= 15 is 0 Å². The summed E-state index contributed by atoms with van der Waals surface area (Å²) in [5.41, 5.74) is 1.09. The third-order valence-electron chi connectivity index (χ3n) is 3.65. The number of hydrogen-bond donors (Lipinski definition) is 1. The molecule has 0 radical (unpaired) electrons. The van der Waals surface area contributed by atoms with Crippen molar-refractivity contribution in [2.75, 3.05) is 17.3 Å². The van der Waals surface area contributed by atoms with Gasteiger partial charge in [-0.2, -0.15) is 0 Å². The van der Waals surface area contributed by atoms with Crippen molar-refractivity contribution >= 4 is 27.5 Å². The zero-order valence-corrected chi connectivity index (χ0v) is 14.7. The Hall–Kier alpha value is -1.01. The van der Waals surface area contributed by atoms with E-state index in [0.717, 1.165) is 17.7 Å². The molecular formula is C16H23NO3S2. The van der Waals surface area contributed by atoms with Crippen LogP contribution in [0.4, 0.5) is 0 Å². The fourth-order valence-corrected chi connectivity index (χ4v) is 5.00. The molecule has 0 bridgehead atoms. The molecule has 1 atom stereocenters. The monoisotopic (exact) mass is 341 g/mol. The predicted molar refractivity (Wildman–Crippen MR) is 90.8 cm³/mol. The molecule has 2 rings (SSSR count). The maximum atomic E-state index is 12.1. The smallest absolute Gasteiger partial charge is 0.235 e. The second-order valence-corrected chi connectivity index (χ2v) is 9.39. The summed E-state index contributed by atoms with van der Waals surface area (Å²) < 4.78 is 23.9. The Morgan fingerprint density at radius 3 is 2.82 bits per heavy atom. The summed E-state index contributed by atoms with van der Waals surface area (Å²) in [6.45, 7) is 3.96. The van der Waals surface area contributed by atoms with Crippen molar-refractivity contribution in [2.45, 2.75) is 37.6 Å². The lowest BCUT2D eigenvalue weighted by molar-refractivity contribution is -0.119. The highest BCUT2D eigenvalue weighted by molar-refractivity contribution is 7.99. The van der Waals surface area contributed by atoms with E-state index in [9.17, 15) is 13.2 Å². The summed E-state index contributed by atoms with van der Waals surface area (Å²) in [5.74, 6) is 0.526. The standard InChI is InChI=1S/C16H23NO3S2/c1-12(2)8-10-22(19,20)11-16(18)17-14-7-9-21-15-6-4-3-5-13(14)15/h3-6,12,14H,7-11H2,1-2H3,(H,17,18)/t14-/m0/s1. The molecule has 0 aliphatic carbocycles. The van der Waals surface area contributed by atoms with E-state index in [0.29, 0.717) is 12.3 Å². The molecule has 0 aromatic heterocycles. The molecule has 1 N–H and O–H groups in total. The van der Waals surface area contributed by atoms with E-state index in [4.69, 9.17) is 0 Å². The van der Waals surface area contributed by atoms with Crippen LogP contribution in [-0.4, -0.2) is 31.6 Å². The maximum absolute atomic E-state index is 12.1. The quantitative estimate of drug-likeness (QED) is 0.864. The van der Waals surface area contributed by atoms with Crippen LogP contribution in [0.3, 0.4) is 0 Å². The minimum Gasteiger partial charge on any atom is -0.348 e. The minimum absolute atomic E-state index is 0.0785. The van der Waals surface area contributed by atoms with Gasteiger partial charge in [0.15, 0.2) is 9.84 Å². The van der Waals surface area contributed by atoms with Crippen molar-refractivity contribution in [3.8, 4) is 0 Å². The van der Waals surface area contributed by atoms with Crippen LogP contribution in [0.25, 0.3) is 0 Å². The third-order valence-corrected chi connectivity index (χ3v) is 6.33. The van der Waals surface area contributed by atoms with Crippen LogP contribution in [0.2, 0.25) is 0 Å². The summed E-state index contributed by atoms with van der Waals surface area (Å²) in [6.07, 6.45) is 1.43. The Morgan fingerprint density at radius 2 is 2.09 bits per heavy atom. The maximum Gasteiger partial charge on any atom is 0.235 e. The summed E-state index contributed by atoms with van der Waals surface area (Å²) in [7, 11) is -3.32. The van der Waals surface area contributed by atoms with Crippen LogP contribution in [0.15, 0.2) is 29.2 Å². The number of hydrogen-bond acceptors (Lipinski definition) is 4. The fourth-order valence-electron chi connectivity index (χ4n) is 2.42. The van der Waals surface area contributed by atoms with Crippen molar-refractivity contribution < 1.29 is 13.2 Å². The van der Waals surface area contributed by atoms with E-state index in [2.05, 4.69) is 5.32 Å². The van der Waals surface area contributed by atoms with Gasteiger partial charge in [0, 0.05) is 10.6 Å². The van der Waals surface area contributed by atoms with Gasteiger partial charge in [-0.25, -0.2) is 8.42 Å². The number of amides is 1. The van der Waals surface area contributed by atoms with Gasteiger partial charge in [-0.05, 0) is 30.4 Å². The van der Waals surface area contributed by atoms with Gasteiger partial charge < -0.3 is 5.32 Å². The first-order valence-corrected chi connectivity index (χ1v) is 10.4. The van der Waals surface area contributed by atoms with Crippen molar-refractivity contribution in [2.24, 2.45) is 5.92 Å². The lowest BCUT2D eigenvalue weighted by Crippen LogP contribution is -2.35. The van der Waals surface area contributed by atoms with Gasteiger partial charge in [0.2, 0.25) is 5.91 Å². The number of carbonyl (C=O) groups is 1. The SMILES string of the molecule is CC(C)CCS(=O)(=O)CC(=O)N[C@H]1CCSc2ccccc21. The van der Waals surface area contributed by atoms with Gasteiger partial charge >= 0.3 is 0 Å². The van der Waals surface area contributed by atoms with E-state index in [1.807, 2.05) is 38.1 Å². The zero-order valence-electron chi connectivity index (χ0n) is 13.0. The molecule has 1 aromatic carbocycles. The second-order valence-electron chi connectivity index (χ2n) is 6.07. The molecule has 0 saturated heterocycles. The molecule has 4 nitrogen and oxygen atoms in total. The normalized spacial score (nSPS) is 18.0. The molecule has 1 aromatic rings. The molecule has 22 heavy (non-hydrogen) atoms. The number of thioether (sulfide) groups is 1. The lowest BCUT2D eigenvalue weighted by atomic mass is 10.0. The van der Waals surface area contributed by atoms with E-state index in [-0.39, 0.29) is 11.8 Å². The number of benzene rings is 1. The number of rotatable bonds is 6. The predicted octanol–water partition coefficient (Wildman–Crippen LogP) is 2.80. The van der Waals surface area contributed by atoms with Crippen molar-refractivity contribution in [1.82, 2.24) is 5.32 Å². The van der Waals surface area contributed by atoms with Crippen molar-refractivity contribution in [3.05, 3.63) is 29.8 Å². The van der Waals surface area contributed by atoms with Crippen molar-refractivity contribution in [1.29, 1.82) is 0 Å². The largest absolute Gasteiger partial charge is 0.348 e. The van der Waals surface area contributed by atoms with Crippen LogP contribution >= 0.6 is 11.8 Å². The lowest BCUT2D eigenvalue weighted by Gasteiger charge is -2.25. The van der Waals surface area contributed by atoms with Crippen LogP contribution in [-0.2, 0) is 14.6 Å².